The van der Waals surface area contributed by atoms with Crippen LogP contribution in [-0.2, 0) is 9.84 Å². The molecule has 0 saturated carbocycles. The zero-order valence-electron chi connectivity index (χ0n) is 8.66. The van der Waals surface area contributed by atoms with Gasteiger partial charge in [0.15, 0.2) is 9.84 Å². The smallest absolute Gasteiger partial charge is 0.175 e. The molecule has 82 valence electrons. The van der Waals surface area contributed by atoms with Gasteiger partial charge < -0.3 is 0 Å². The quantitative estimate of drug-likeness (QED) is 0.791. The SMILES string of the molecule is CS(=O)(=O)c1ccc(-c2ccncn2)cc1. The van der Waals surface area contributed by atoms with E-state index in [9.17, 15) is 8.42 Å². The lowest BCUT2D eigenvalue weighted by Gasteiger charge is -2.01. The van der Waals surface area contributed by atoms with E-state index in [0.29, 0.717) is 4.90 Å². The maximum Gasteiger partial charge on any atom is 0.175 e. The third-order valence-corrected chi connectivity index (χ3v) is 3.29. The van der Waals surface area contributed by atoms with Gasteiger partial charge in [-0.1, -0.05) is 12.1 Å². The molecule has 0 bridgehead atoms. The summed E-state index contributed by atoms with van der Waals surface area (Å²) in [5.41, 5.74) is 1.64. The molecule has 2 aromatic rings. The third-order valence-electron chi connectivity index (χ3n) is 2.16. The number of hydrogen-bond acceptors (Lipinski definition) is 4. The van der Waals surface area contributed by atoms with E-state index in [1.54, 1.807) is 36.5 Å². The minimum Gasteiger partial charge on any atom is -0.245 e. The molecule has 1 aromatic carbocycles. The fraction of sp³-hybridized carbons (Fsp3) is 0.0909. The minimum absolute atomic E-state index is 0.310. The summed E-state index contributed by atoms with van der Waals surface area (Å²) in [7, 11) is -3.13. The topological polar surface area (TPSA) is 59.9 Å². The first-order valence-electron chi connectivity index (χ1n) is 4.64. The van der Waals surface area contributed by atoms with E-state index in [4.69, 9.17) is 0 Å². The van der Waals surface area contributed by atoms with Crippen LogP contribution in [0.4, 0.5) is 0 Å². The second-order valence-corrected chi connectivity index (χ2v) is 5.41. The monoisotopic (exact) mass is 234 g/mol. The van der Waals surface area contributed by atoms with Crippen molar-refractivity contribution < 1.29 is 8.42 Å². The Bertz CT molecular complexity index is 577. The Labute approximate surface area is 93.9 Å². The van der Waals surface area contributed by atoms with Crippen molar-refractivity contribution in [3.63, 3.8) is 0 Å². The highest BCUT2D eigenvalue weighted by atomic mass is 32.2. The van der Waals surface area contributed by atoms with E-state index in [-0.39, 0.29) is 0 Å². The number of aromatic nitrogens is 2. The summed E-state index contributed by atoms with van der Waals surface area (Å²) in [5.74, 6) is 0. The first kappa shape index (κ1) is 10.8. The minimum atomic E-state index is -3.13. The molecule has 0 atom stereocenters. The zero-order chi connectivity index (χ0) is 11.6. The van der Waals surface area contributed by atoms with Gasteiger partial charge in [-0.25, -0.2) is 18.4 Å². The first-order chi connectivity index (χ1) is 7.57. The average Bonchev–Trinajstić information content (AvgIpc) is 2.29. The Kier molecular flexibility index (Phi) is 2.70. The van der Waals surface area contributed by atoms with Crippen molar-refractivity contribution in [3.05, 3.63) is 42.9 Å². The number of sulfone groups is 1. The van der Waals surface area contributed by atoms with Crippen molar-refractivity contribution in [2.45, 2.75) is 4.90 Å². The van der Waals surface area contributed by atoms with E-state index in [2.05, 4.69) is 9.97 Å². The average molecular weight is 234 g/mol. The summed E-state index contributed by atoms with van der Waals surface area (Å²) < 4.78 is 22.5. The van der Waals surface area contributed by atoms with Crippen LogP contribution in [-0.4, -0.2) is 24.6 Å². The number of nitrogens with zero attached hydrogens (tertiary/aromatic N) is 2. The van der Waals surface area contributed by atoms with Gasteiger partial charge in [-0.2, -0.15) is 0 Å². The fourth-order valence-electron chi connectivity index (χ4n) is 1.33. The predicted molar refractivity (Wildman–Crippen MR) is 60.6 cm³/mol. The normalized spacial score (nSPS) is 11.3. The van der Waals surface area contributed by atoms with Crippen LogP contribution >= 0.6 is 0 Å². The van der Waals surface area contributed by atoms with Crippen LogP contribution in [0.15, 0.2) is 47.8 Å². The van der Waals surface area contributed by atoms with Crippen molar-refractivity contribution in [1.29, 1.82) is 0 Å². The van der Waals surface area contributed by atoms with Crippen LogP contribution in [0, 0.1) is 0 Å². The highest BCUT2D eigenvalue weighted by molar-refractivity contribution is 7.90. The Morgan fingerprint density at radius 1 is 1.06 bits per heavy atom. The van der Waals surface area contributed by atoms with E-state index >= 15 is 0 Å². The molecule has 16 heavy (non-hydrogen) atoms. The van der Waals surface area contributed by atoms with E-state index in [1.807, 2.05) is 0 Å². The summed E-state index contributed by atoms with van der Waals surface area (Å²) >= 11 is 0. The molecule has 5 heteroatoms. The van der Waals surface area contributed by atoms with Crippen LogP contribution in [0.3, 0.4) is 0 Å². The Balaban J connectivity index is 2.41. The molecular formula is C11H10N2O2S. The molecule has 0 aliphatic carbocycles. The maximum absolute atomic E-state index is 11.3. The molecule has 0 radical (unpaired) electrons. The van der Waals surface area contributed by atoms with Crippen LogP contribution in [0.2, 0.25) is 0 Å². The van der Waals surface area contributed by atoms with Crippen molar-refractivity contribution in [3.8, 4) is 11.3 Å². The molecule has 0 spiro atoms. The van der Waals surface area contributed by atoms with Gasteiger partial charge in [-0.05, 0) is 18.2 Å². The molecule has 2 rings (SSSR count). The van der Waals surface area contributed by atoms with Gasteiger partial charge in [-0.3, -0.25) is 0 Å². The summed E-state index contributed by atoms with van der Waals surface area (Å²) in [6, 6.07) is 8.40. The molecule has 0 amide bonds. The fourth-order valence-corrected chi connectivity index (χ4v) is 1.96. The summed E-state index contributed by atoms with van der Waals surface area (Å²) in [4.78, 5) is 8.21. The molecule has 0 unspecified atom stereocenters. The van der Waals surface area contributed by atoms with Gasteiger partial charge in [0.1, 0.15) is 6.33 Å². The second kappa shape index (κ2) is 4.02. The Morgan fingerprint density at radius 3 is 2.25 bits per heavy atom. The predicted octanol–water partition coefficient (Wildman–Crippen LogP) is 1.55. The summed E-state index contributed by atoms with van der Waals surface area (Å²) in [6.45, 7) is 0. The molecule has 0 fully saturated rings. The van der Waals surface area contributed by atoms with E-state index in [0.717, 1.165) is 11.3 Å². The molecule has 1 heterocycles. The molecule has 4 nitrogen and oxygen atoms in total. The van der Waals surface area contributed by atoms with Gasteiger partial charge in [0.2, 0.25) is 0 Å². The highest BCUT2D eigenvalue weighted by Gasteiger charge is 2.06. The van der Waals surface area contributed by atoms with Crippen LogP contribution in [0.1, 0.15) is 0 Å². The lowest BCUT2D eigenvalue weighted by atomic mass is 10.1. The summed E-state index contributed by atoms with van der Waals surface area (Å²) in [6.07, 6.45) is 4.29. The number of rotatable bonds is 2. The van der Waals surface area contributed by atoms with Gasteiger partial charge in [0.25, 0.3) is 0 Å². The van der Waals surface area contributed by atoms with Crippen molar-refractivity contribution in [1.82, 2.24) is 9.97 Å². The molecule has 0 aliphatic rings. The van der Waals surface area contributed by atoms with Crippen LogP contribution in [0.25, 0.3) is 11.3 Å². The number of hydrogen-bond donors (Lipinski definition) is 0. The molecule has 0 N–H and O–H groups in total. The van der Waals surface area contributed by atoms with E-state index < -0.39 is 9.84 Å². The second-order valence-electron chi connectivity index (χ2n) is 3.39. The molecule has 1 aromatic heterocycles. The van der Waals surface area contributed by atoms with E-state index in [1.165, 1.54) is 12.6 Å². The lowest BCUT2D eigenvalue weighted by molar-refractivity contribution is 0.602. The highest BCUT2D eigenvalue weighted by Crippen LogP contribution is 2.18. The van der Waals surface area contributed by atoms with Gasteiger partial charge in [0, 0.05) is 18.0 Å². The van der Waals surface area contributed by atoms with Gasteiger partial charge >= 0.3 is 0 Å². The Morgan fingerprint density at radius 2 is 1.75 bits per heavy atom. The first-order valence-corrected chi connectivity index (χ1v) is 6.53. The van der Waals surface area contributed by atoms with Crippen LogP contribution in [0.5, 0.6) is 0 Å². The van der Waals surface area contributed by atoms with Gasteiger partial charge in [0.05, 0.1) is 10.6 Å². The van der Waals surface area contributed by atoms with Gasteiger partial charge in [-0.15, -0.1) is 0 Å². The number of benzene rings is 1. The van der Waals surface area contributed by atoms with Crippen molar-refractivity contribution in [2.75, 3.05) is 6.26 Å². The summed E-state index contributed by atoms with van der Waals surface area (Å²) in [5, 5.41) is 0. The standard InChI is InChI=1S/C11H10N2O2S/c1-16(14,15)10-4-2-9(3-5-10)11-6-7-12-8-13-11/h2-8H,1H3. The molecule has 0 saturated heterocycles. The lowest BCUT2D eigenvalue weighted by Crippen LogP contribution is -1.96. The molecule has 0 aliphatic heterocycles. The van der Waals surface area contributed by atoms with Crippen LogP contribution < -0.4 is 0 Å². The molecular weight excluding hydrogens is 224 g/mol. The maximum atomic E-state index is 11.3. The zero-order valence-corrected chi connectivity index (χ0v) is 9.48. The van der Waals surface area contributed by atoms with Crippen molar-refractivity contribution in [2.24, 2.45) is 0 Å². The Hall–Kier alpha value is -1.75. The largest absolute Gasteiger partial charge is 0.245 e. The third kappa shape index (κ3) is 2.25. The van der Waals surface area contributed by atoms with Crippen molar-refractivity contribution >= 4 is 9.84 Å².